The third-order valence-electron chi connectivity index (χ3n) is 3.52. The van der Waals surface area contributed by atoms with Crippen LogP contribution in [0.1, 0.15) is 17.2 Å². The first-order valence-electron chi connectivity index (χ1n) is 7.72. The average Bonchev–Trinajstić information content (AvgIpc) is 2.89. The van der Waals surface area contributed by atoms with Crippen LogP contribution in [0, 0.1) is 6.92 Å². The molecule has 0 atom stereocenters. The Morgan fingerprint density at radius 3 is 2.70 bits per heavy atom. The highest BCUT2D eigenvalue weighted by atomic mass is 15.3. The molecule has 2 N–H and O–H groups in total. The molecule has 6 nitrogen and oxygen atoms in total. The van der Waals surface area contributed by atoms with Gasteiger partial charge in [0.25, 0.3) is 0 Å². The van der Waals surface area contributed by atoms with Crippen molar-refractivity contribution in [3.8, 4) is 0 Å². The second-order valence-corrected chi connectivity index (χ2v) is 5.22. The monoisotopic (exact) mass is 312 g/mol. The summed E-state index contributed by atoms with van der Waals surface area (Å²) in [6.07, 6.45) is 2.75. The van der Waals surface area contributed by atoms with Gasteiger partial charge in [-0.1, -0.05) is 36.4 Å². The van der Waals surface area contributed by atoms with Crippen molar-refractivity contribution < 1.29 is 0 Å². The Hall–Kier alpha value is -2.63. The van der Waals surface area contributed by atoms with Gasteiger partial charge >= 0.3 is 0 Å². The molecule has 1 heterocycles. The summed E-state index contributed by atoms with van der Waals surface area (Å²) in [5.74, 6) is 2.47. The van der Waals surface area contributed by atoms with E-state index in [2.05, 4.69) is 56.7 Å². The molecule has 0 unspecified atom stereocenters. The normalized spacial score (nSPS) is 11.3. The molecule has 1 aromatic heterocycles. The molecule has 0 bridgehead atoms. The van der Waals surface area contributed by atoms with Crippen LogP contribution in [-0.2, 0) is 20.0 Å². The van der Waals surface area contributed by atoms with Crippen LogP contribution in [0.3, 0.4) is 0 Å². The lowest BCUT2D eigenvalue weighted by atomic mass is 10.1. The van der Waals surface area contributed by atoms with Crippen molar-refractivity contribution in [3.63, 3.8) is 0 Å². The first-order chi connectivity index (χ1) is 11.2. The Morgan fingerprint density at radius 1 is 1.26 bits per heavy atom. The predicted octanol–water partition coefficient (Wildman–Crippen LogP) is 1.59. The molecule has 0 aliphatic rings. The van der Waals surface area contributed by atoms with E-state index in [-0.39, 0.29) is 0 Å². The van der Waals surface area contributed by atoms with E-state index in [1.165, 1.54) is 5.56 Å². The minimum Gasteiger partial charge on any atom is -0.356 e. The molecule has 0 amide bonds. The van der Waals surface area contributed by atoms with Crippen molar-refractivity contribution in [2.45, 2.75) is 19.9 Å². The number of benzene rings is 1. The Kier molecular flexibility index (Phi) is 6.35. The van der Waals surface area contributed by atoms with Gasteiger partial charge < -0.3 is 15.2 Å². The lowest BCUT2D eigenvalue weighted by Gasteiger charge is -2.11. The summed E-state index contributed by atoms with van der Waals surface area (Å²) in [4.78, 5) is 4.56. The molecule has 0 saturated heterocycles. The van der Waals surface area contributed by atoms with Crippen LogP contribution < -0.4 is 10.6 Å². The van der Waals surface area contributed by atoms with Gasteiger partial charge in [0.1, 0.15) is 12.4 Å². The Balaban J connectivity index is 1.91. The Morgan fingerprint density at radius 2 is 2.04 bits per heavy atom. The molecule has 0 spiro atoms. The average molecular weight is 312 g/mol. The maximum Gasteiger partial charge on any atom is 0.191 e. The van der Waals surface area contributed by atoms with Crippen LogP contribution in [0.2, 0.25) is 0 Å². The van der Waals surface area contributed by atoms with E-state index in [9.17, 15) is 0 Å². The summed E-state index contributed by atoms with van der Waals surface area (Å²) in [5, 5.41) is 14.7. The molecule has 0 radical (unpaired) electrons. The minimum absolute atomic E-state index is 0.481. The van der Waals surface area contributed by atoms with Crippen LogP contribution in [-0.4, -0.2) is 33.8 Å². The number of nitrogens with one attached hydrogen (secondary N) is 2. The molecule has 23 heavy (non-hydrogen) atoms. The summed E-state index contributed by atoms with van der Waals surface area (Å²) < 4.78 is 1.94. The van der Waals surface area contributed by atoms with Crippen LogP contribution in [0.15, 0.2) is 48.0 Å². The van der Waals surface area contributed by atoms with Crippen molar-refractivity contribution in [1.82, 2.24) is 25.4 Å². The fraction of sp³-hybridized carbons (Fsp3) is 0.353. The fourth-order valence-electron chi connectivity index (χ4n) is 2.05. The van der Waals surface area contributed by atoms with Crippen LogP contribution in [0.4, 0.5) is 0 Å². The van der Waals surface area contributed by atoms with E-state index < -0.39 is 0 Å². The van der Waals surface area contributed by atoms with Crippen molar-refractivity contribution in [3.05, 3.63) is 60.2 Å². The van der Waals surface area contributed by atoms with Gasteiger partial charge in [-0.05, 0) is 18.9 Å². The van der Waals surface area contributed by atoms with E-state index in [4.69, 9.17) is 0 Å². The van der Waals surface area contributed by atoms with E-state index >= 15 is 0 Å². The maximum atomic E-state index is 4.56. The number of aryl methyl sites for hydroxylation is 1. The number of aliphatic imine (C=N–C) groups is 1. The number of hydrogen-bond acceptors (Lipinski definition) is 3. The molecule has 0 aliphatic carbocycles. The van der Waals surface area contributed by atoms with Gasteiger partial charge in [0.15, 0.2) is 11.8 Å². The highest BCUT2D eigenvalue weighted by Crippen LogP contribution is 2.00. The lowest BCUT2D eigenvalue weighted by Crippen LogP contribution is -2.38. The zero-order valence-electron chi connectivity index (χ0n) is 13.8. The van der Waals surface area contributed by atoms with E-state index in [1.807, 2.05) is 24.6 Å². The zero-order chi connectivity index (χ0) is 16.5. The summed E-state index contributed by atoms with van der Waals surface area (Å²) >= 11 is 0. The molecule has 2 aromatic rings. The molecule has 6 heteroatoms. The quantitative estimate of drug-likeness (QED) is 0.463. The molecule has 2 rings (SSSR count). The van der Waals surface area contributed by atoms with E-state index in [0.717, 1.165) is 30.6 Å². The number of guanidine groups is 1. The molecule has 0 fully saturated rings. The summed E-state index contributed by atoms with van der Waals surface area (Å²) in [7, 11) is 1.94. The largest absolute Gasteiger partial charge is 0.356 e. The van der Waals surface area contributed by atoms with Gasteiger partial charge in [0.2, 0.25) is 0 Å². The topological polar surface area (TPSA) is 67.1 Å². The highest BCUT2D eigenvalue weighted by Gasteiger charge is 2.04. The van der Waals surface area contributed by atoms with Crippen LogP contribution in [0.5, 0.6) is 0 Å². The molecule has 122 valence electrons. The zero-order valence-corrected chi connectivity index (χ0v) is 13.8. The van der Waals surface area contributed by atoms with Crippen LogP contribution in [0.25, 0.3) is 0 Å². The molecule has 0 saturated carbocycles. The standard InChI is InChI=1S/C17H24N6/c1-4-11-18-17(19-12-10-15-8-6-5-7-9-15)20-13-16-22-21-14(2)23(16)3/h4-9H,1,10-13H2,2-3H3,(H2,18,19,20). The first kappa shape index (κ1) is 16.7. The van der Waals surface area contributed by atoms with Gasteiger partial charge in [0.05, 0.1) is 0 Å². The van der Waals surface area contributed by atoms with Gasteiger partial charge in [-0.15, -0.1) is 16.8 Å². The second kappa shape index (κ2) is 8.73. The third kappa shape index (κ3) is 5.25. The van der Waals surface area contributed by atoms with Crippen LogP contribution >= 0.6 is 0 Å². The van der Waals surface area contributed by atoms with Gasteiger partial charge in [-0.2, -0.15) is 0 Å². The SMILES string of the molecule is C=CCNC(=NCc1nnc(C)n1C)NCCc1ccccc1. The Bertz CT molecular complexity index is 644. The molecule has 1 aromatic carbocycles. The van der Waals surface area contributed by atoms with Crippen molar-refractivity contribution >= 4 is 5.96 Å². The molecular formula is C17H24N6. The van der Waals surface area contributed by atoms with E-state index in [1.54, 1.807) is 6.08 Å². The van der Waals surface area contributed by atoms with Gasteiger partial charge in [-0.25, -0.2) is 4.99 Å². The Labute approximate surface area is 137 Å². The minimum atomic E-state index is 0.481. The molecule has 0 aliphatic heterocycles. The van der Waals surface area contributed by atoms with E-state index in [0.29, 0.717) is 13.1 Å². The number of nitrogens with zero attached hydrogens (tertiary/aromatic N) is 4. The third-order valence-corrected chi connectivity index (χ3v) is 3.52. The van der Waals surface area contributed by atoms with Gasteiger partial charge in [-0.3, -0.25) is 0 Å². The summed E-state index contributed by atoms with van der Waals surface area (Å²) in [6.45, 7) is 7.60. The van der Waals surface area contributed by atoms with Crippen molar-refractivity contribution in [1.29, 1.82) is 0 Å². The van der Waals surface area contributed by atoms with Crippen molar-refractivity contribution in [2.24, 2.45) is 12.0 Å². The molecular weight excluding hydrogens is 288 g/mol. The number of hydrogen-bond donors (Lipinski definition) is 2. The predicted molar refractivity (Wildman–Crippen MR) is 93.2 cm³/mol. The maximum absolute atomic E-state index is 4.56. The highest BCUT2D eigenvalue weighted by molar-refractivity contribution is 5.79. The second-order valence-electron chi connectivity index (χ2n) is 5.22. The summed E-state index contributed by atoms with van der Waals surface area (Å²) in [5.41, 5.74) is 1.30. The van der Waals surface area contributed by atoms with Gasteiger partial charge in [0, 0.05) is 20.1 Å². The van der Waals surface area contributed by atoms with Crippen molar-refractivity contribution in [2.75, 3.05) is 13.1 Å². The lowest BCUT2D eigenvalue weighted by molar-refractivity contribution is 0.757. The number of rotatable bonds is 7. The first-order valence-corrected chi connectivity index (χ1v) is 7.72. The smallest absolute Gasteiger partial charge is 0.191 e. The summed E-state index contributed by atoms with van der Waals surface area (Å²) in [6, 6.07) is 10.4. The fourth-order valence-corrected chi connectivity index (χ4v) is 2.05. The number of aromatic nitrogens is 3.